The predicted molar refractivity (Wildman–Crippen MR) is 154 cm³/mol. The molecule has 2 aliphatic rings. The van der Waals surface area contributed by atoms with Crippen LogP contribution in [0.2, 0.25) is 10.0 Å². The molecule has 238 valence electrons. The quantitative estimate of drug-likeness (QED) is 0.165. The van der Waals surface area contributed by atoms with E-state index in [1.807, 2.05) is 0 Å². The highest BCUT2D eigenvalue weighted by Gasteiger charge is 2.41. The summed E-state index contributed by atoms with van der Waals surface area (Å²) in [5.41, 5.74) is 0.949. The van der Waals surface area contributed by atoms with Crippen molar-refractivity contribution in [3.05, 3.63) is 39.4 Å². The number of alkyl halides is 5. The number of hydrogen-bond acceptors (Lipinski definition) is 6. The number of nitrogens with zero attached hydrogens (tertiary/aromatic N) is 2. The van der Waals surface area contributed by atoms with Crippen molar-refractivity contribution >= 4 is 57.8 Å². The number of halogens is 7. The largest absolute Gasteiger partial charge is 0.471 e. The van der Waals surface area contributed by atoms with E-state index < -0.39 is 43.0 Å². The number of aromatic nitrogens is 3. The van der Waals surface area contributed by atoms with E-state index in [2.05, 4.69) is 30.9 Å². The number of carbonyl (C=O) groups excluding carboxylic acids is 2. The maximum Gasteiger partial charge on any atom is 0.391 e. The number of benzene rings is 1. The van der Waals surface area contributed by atoms with Crippen LogP contribution in [0.25, 0.3) is 11.2 Å². The Balaban J connectivity index is 1.33. The van der Waals surface area contributed by atoms with Crippen LogP contribution in [-0.2, 0) is 11.3 Å². The number of pyridine rings is 1. The smallest absolute Gasteiger partial charge is 0.391 e. The number of carbonyl (C=O) groups is 2. The molecule has 5 rings (SSSR count). The average molecular weight is 663 g/mol. The number of hydrogen-bond donors (Lipinski definition) is 4. The first-order valence-electron chi connectivity index (χ1n) is 14.1. The van der Waals surface area contributed by atoms with E-state index in [9.17, 15) is 31.5 Å². The van der Waals surface area contributed by atoms with Crippen LogP contribution in [0.3, 0.4) is 0 Å². The van der Waals surface area contributed by atoms with E-state index in [1.165, 1.54) is 6.07 Å². The summed E-state index contributed by atoms with van der Waals surface area (Å²) in [6.45, 7) is -0.862. The maximum absolute atomic E-state index is 13.1. The third kappa shape index (κ3) is 8.00. The second-order valence-electron chi connectivity index (χ2n) is 11.0. The zero-order valence-electron chi connectivity index (χ0n) is 23.2. The van der Waals surface area contributed by atoms with E-state index in [-0.39, 0.29) is 76.5 Å². The summed E-state index contributed by atoms with van der Waals surface area (Å²) in [5, 5.41) is 8.96. The number of ether oxygens (including phenoxy) is 1. The molecule has 4 N–H and O–H groups in total. The Hall–Kier alpha value is -3.39. The Kier molecular flexibility index (Phi) is 9.68. The minimum absolute atomic E-state index is 0.0229. The minimum Gasteiger partial charge on any atom is -0.471 e. The van der Waals surface area contributed by atoms with Gasteiger partial charge in [-0.3, -0.25) is 9.59 Å². The van der Waals surface area contributed by atoms with Crippen LogP contribution in [0.5, 0.6) is 5.88 Å². The fraction of sp³-hybridized carbons (Fsp3) is 0.500. The number of nitrogens with one attached hydrogen (secondary N) is 4. The topological polar surface area (TPSA) is 121 Å². The second-order valence-corrected chi connectivity index (χ2v) is 11.8. The van der Waals surface area contributed by atoms with Crippen molar-refractivity contribution in [3.8, 4) is 5.88 Å². The lowest BCUT2D eigenvalue weighted by molar-refractivity contribution is -0.182. The van der Waals surface area contributed by atoms with E-state index in [0.29, 0.717) is 17.9 Å². The van der Waals surface area contributed by atoms with Gasteiger partial charge in [-0.15, -0.1) is 0 Å². The molecule has 2 saturated carbocycles. The fourth-order valence-corrected chi connectivity index (χ4v) is 5.58. The Morgan fingerprint density at radius 1 is 1.07 bits per heavy atom. The molecule has 3 aromatic rings. The first-order valence-corrected chi connectivity index (χ1v) is 14.8. The SMILES string of the molecule is O=C(CC1CC1)NCc1ccc(Cl)c(Nc2nc3nc(OCC(F)F)c(C(=O)N[C@H]4CC[C@H](C(F)(F)F)CC4)cc3[nH]2)c1Cl. The molecule has 9 nitrogen and oxygen atoms in total. The number of imidazole rings is 1. The molecule has 0 spiro atoms. The highest BCUT2D eigenvalue weighted by atomic mass is 35.5. The van der Waals surface area contributed by atoms with Gasteiger partial charge in [0, 0.05) is 19.0 Å². The molecule has 2 fully saturated rings. The number of fused-ring (bicyclic) bond motifs is 1. The zero-order chi connectivity index (χ0) is 31.6. The molecule has 1 aromatic carbocycles. The lowest BCUT2D eigenvalue weighted by Gasteiger charge is -2.30. The first-order chi connectivity index (χ1) is 20.9. The lowest BCUT2D eigenvalue weighted by atomic mass is 9.85. The molecule has 0 aliphatic heterocycles. The van der Waals surface area contributed by atoms with Crippen LogP contribution in [0.15, 0.2) is 18.2 Å². The van der Waals surface area contributed by atoms with Gasteiger partial charge in [-0.1, -0.05) is 29.3 Å². The van der Waals surface area contributed by atoms with Crippen molar-refractivity contribution in [1.82, 2.24) is 25.6 Å². The first kappa shape index (κ1) is 32.0. The molecule has 2 aliphatic carbocycles. The van der Waals surface area contributed by atoms with Gasteiger partial charge in [0.1, 0.15) is 5.56 Å². The fourth-order valence-electron chi connectivity index (χ4n) is 5.04. The molecular weight excluding hydrogens is 634 g/mol. The van der Waals surface area contributed by atoms with Gasteiger partial charge in [-0.05, 0) is 62.1 Å². The Morgan fingerprint density at radius 2 is 1.80 bits per heavy atom. The third-order valence-electron chi connectivity index (χ3n) is 7.62. The van der Waals surface area contributed by atoms with Crippen LogP contribution in [0.1, 0.15) is 60.9 Å². The highest BCUT2D eigenvalue weighted by molar-refractivity contribution is 6.39. The number of aromatic amines is 1. The molecule has 0 saturated heterocycles. The molecule has 0 atom stereocenters. The monoisotopic (exact) mass is 662 g/mol. The molecule has 0 unspecified atom stereocenters. The maximum atomic E-state index is 13.1. The van der Waals surface area contributed by atoms with Gasteiger partial charge in [0.25, 0.3) is 12.3 Å². The molecule has 0 radical (unpaired) electrons. The molecule has 2 heterocycles. The molecule has 0 bridgehead atoms. The van der Waals surface area contributed by atoms with E-state index in [1.54, 1.807) is 12.1 Å². The van der Waals surface area contributed by atoms with Gasteiger partial charge in [-0.25, -0.2) is 8.78 Å². The Labute approximate surface area is 258 Å². The normalized spacial score (nSPS) is 18.8. The van der Waals surface area contributed by atoms with Crippen molar-refractivity contribution in [2.75, 3.05) is 11.9 Å². The number of H-pyrrole nitrogens is 1. The number of amides is 2. The van der Waals surface area contributed by atoms with Gasteiger partial charge < -0.3 is 25.7 Å². The number of anilines is 2. The van der Waals surface area contributed by atoms with Gasteiger partial charge in [0.05, 0.1) is 27.2 Å². The van der Waals surface area contributed by atoms with Crippen molar-refractivity contribution < 1.29 is 36.3 Å². The van der Waals surface area contributed by atoms with Crippen LogP contribution in [0.4, 0.5) is 33.6 Å². The standard InChI is InChI=1S/C28H29Cl2F5N6O3/c29-18-8-3-14(11-36-21(42)9-13-1-2-13)22(30)23(18)39-27-38-19-10-17(26(40-24(19)41-27)44-12-20(31)32)25(43)37-16-6-4-15(5-7-16)28(33,34)35/h3,8,10,13,15-16,20H,1-2,4-7,9,11-12H2,(H,36,42)(H,37,43)(H2,38,39,40,41)/t15-,16-. The highest BCUT2D eigenvalue weighted by Crippen LogP contribution is 2.38. The summed E-state index contributed by atoms with van der Waals surface area (Å²) in [7, 11) is 0. The third-order valence-corrected chi connectivity index (χ3v) is 8.36. The summed E-state index contributed by atoms with van der Waals surface area (Å²) in [6, 6.07) is 4.06. The average Bonchev–Trinajstić information content (AvgIpc) is 3.69. The molecule has 2 amide bonds. The Morgan fingerprint density at radius 3 is 2.45 bits per heavy atom. The minimum atomic E-state index is -4.30. The van der Waals surface area contributed by atoms with Crippen LogP contribution < -0.4 is 20.7 Å². The summed E-state index contributed by atoms with van der Waals surface area (Å²) >= 11 is 13.0. The van der Waals surface area contributed by atoms with Crippen LogP contribution in [-0.4, -0.2) is 52.0 Å². The summed E-state index contributed by atoms with van der Waals surface area (Å²) in [6.07, 6.45) is -4.62. The van der Waals surface area contributed by atoms with Crippen molar-refractivity contribution in [2.24, 2.45) is 11.8 Å². The van der Waals surface area contributed by atoms with E-state index >= 15 is 0 Å². The van der Waals surface area contributed by atoms with Crippen molar-refractivity contribution in [1.29, 1.82) is 0 Å². The Bertz CT molecular complexity index is 1520. The van der Waals surface area contributed by atoms with Gasteiger partial charge in [0.15, 0.2) is 12.3 Å². The molecule has 2 aromatic heterocycles. The lowest BCUT2D eigenvalue weighted by Crippen LogP contribution is -2.40. The van der Waals surface area contributed by atoms with Crippen molar-refractivity contribution in [3.63, 3.8) is 0 Å². The molecule has 44 heavy (non-hydrogen) atoms. The zero-order valence-corrected chi connectivity index (χ0v) is 24.7. The van der Waals surface area contributed by atoms with Gasteiger partial charge >= 0.3 is 6.18 Å². The molecule has 16 heteroatoms. The summed E-state index contributed by atoms with van der Waals surface area (Å²) in [5.74, 6) is -2.10. The predicted octanol–water partition coefficient (Wildman–Crippen LogP) is 6.92. The van der Waals surface area contributed by atoms with Crippen molar-refractivity contribution in [2.45, 2.75) is 70.1 Å². The van der Waals surface area contributed by atoms with Gasteiger partial charge in [0.2, 0.25) is 17.7 Å². The molecular formula is C28H29Cl2F5N6O3. The van der Waals surface area contributed by atoms with Gasteiger partial charge in [-0.2, -0.15) is 23.1 Å². The second kappa shape index (κ2) is 13.3. The van der Waals surface area contributed by atoms with Crippen LogP contribution in [0, 0.1) is 11.8 Å². The summed E-state index contributed by atoms with van der Waals surface area (Å²) < 4.78 is 70.1. The van der Waals surface area contributed by atoms with Crippen LogP contribution >= 0.6 is 23.2 Å². The van der Waals surface area contributed by atoms with E-state index in [0.717, 1.165) is 12.8 Å². The number of rotatable bonds is 11. The summed E-state index contributed by atoms with van der Waals surface area (Å²) in [4.78, 5) is 36.6. The van der Waals surface area contributed by atoms with E-state index in [4.69, 9.17) is 27.9 Å².